The molecule has 0 aromatic carbocycles. The van der Waals surface area contributed by atoms with Crippen LogP contribution in [0.5, 0.6) is 0 Å². The molecule has 7 nitrogen and oxygen atoms in total. The average molecular weight is 250 g/mol. The molecule has 1 amide bonds. The van der Waals surface area contributed by atoms with Crippen molar-refractivity contribution in [1.82, 2.24) is 14.9 Å². The van der Waals surface area contributed by atoms with Gasteiger partial charge in [-0.25, -0.2) is 0 Å². The molecule has 1 fully saturated rings. The van der Waals surface area contributed by atoms with Crippen LogP contribution < -0.4 is 16.0 Å². The summed E-state index contributed by atoms with van der Waals surface area (Å²) in [6.45, 7) is 4.52. The molecule has 2 heterocycles. The van der Waals surface area contributed by atoms with Crippen LogP contribution >= 0.6 is 0 Å². The second-order valence-corrected chi connectivity index (χ2v) is 4.24. The van der Waals surface area contributed by atoms with Crippen LogP contribution in [0.2, 0.25) is 0 Å². The Kier molecular flexibility index (Phi) is 3.50. The first-order valence-electron chi connectivity index (χ1n) is 5.97. The minimum Gasteiger partial charge on any atom is -0.370 e. The van der Waals surface area contributed by atoms with E-state index < -0.39 is 0 Å². The summed E-state index contributed by atoms with van der Waals surface area (Å²) in [5, 5.41) is 3.09. The predicted octanol–water partition coefficient (Wildman–Crippen LogP) is -0.231. The number of carbonyl (C=O) groups is 1. The lowest BCUT2D eigenvalue weighted by atomic mass is 10.3. The SMILES string of the molecule is CCNc1cc(N2CCN(C)C(=O)C2)nc(N)n1. The number of nitrogen functional groups attached to an aromatic ring is 1. The molecule has 1 saturated heterocycles. The Balaban J connectivity index is 2.19. The van der Waals surface area contributed by atoms with Crippen LogP contribution in [0.15, 0.2) is 6.07 Å². The van der Waals surface area contributed by atoms with Crippen molar-refractivity contribution in [3.05, 3.63) is 6.07 Å². The Morgan fingerprint density at radius 3 is 2.89 bits per heavy atom. The monoisotopic (exact) mass is 250 g/mol. The number of amides is 1. The van der Waals surface area contributed by atoms with E-state index >= 15 is 0 Å². The third kappa shape index (κ3) is 2.61. The number of nitrogens with zero attached hydrogens (tertiary/aromatic N) is 4. The second kappa shape index (κ2) is 5.07. The van der Waals surface area contributed by atoms with Crippen molar-refractivity contribution in [1.29, 1.82) is 0 Å². The van der Waals surface area contributed by atoms with E-state index in [0.29, 0.717) is 24.7 Å². The summed E-state index contributed by atoms with van der Waals surface area (Å²) >= 11 is 0. The van der Waals surface area contributed by atoms with Crippen molar-refractivity contribution >= 4 is 23.5 Å². The molecule has 1 aromatic rings. The first kappa shape index (κ1) is 12.4. The topological polar surface area (TPSA) is 87.4 Å². The molecule has 1 aromatic heterocycles. The van der Waals surface area contributed by atoms with E-state index in [1.165, 1.54) is 0 Å². The number of hydrogen-bond donors (Lipinski definition) is 2. The summed E-state index contributed by atoms with van der Waals surface area (Å²) in [5.41, 5.74) is 5.67. The Morgan fingerprint density at radius 1 is 1.44 bits per heavy atom. The van der Waals surface area contributed by atoms with Gasteiger partial charge in [0.25, 0.3) is 0 Å². The van der Waals surface area contributed by atoms with Crippen molar-refractivity contribution in [2.24, 2.45) is 0 Å². The molecule has 2 rings (SSSR count). The molecular weight excluding hydrogens is 232 g/mol. The van der Waals surface area contributed by atoms with E-state index in [4.69, 9.17) is 5.73 Å². The van der Waals surface area contributed by atoms with E-state index in [2.05, 4.69) is 15.3 Å². The highest BCUT2D eigenvalue weighted by Gasteiger charge is 2.22. The zero-order valence-electron chi connectivity index (χ0n) is 10.7. The van der Waals surface area contributed by atoms with E-state index in [1.54, 1.807) is 11.9 Å². The standard InChI is InChI=1S/C11H18N6O/c1-3-13-8-6-9(15-11(12)14-8)17-5-4-16(2)10(18)7-17/h6H,3-5,7H2,1-2H3,(H3,12,13,14,15). The Bertz CT molecular complexity index is 449. The molecule has 0 bridgehead atoms. The van der Waals surface area contributed by atoms with Gasteiger partial charge in [0.05, 0.1) is 6.54 Å². The van der Waals surface area contributed by atoms with Crippen LogP contribution in [0, 0.1) is 0 Å². The average Bonchev–Trinajstić information content (AvgIpc) is 2.32. The maximum Gasteiger partial charge on any atom is 0.241 e. The first-order valence-corrected chi connectivity index (χ1v) is 5.97. The number of nitrogens with one attached hydrogen (secondary N) is 1. The molecule has 18 heavy (non-hydrogen) atoms. The van der Waals surface area contributed by atoms with Gasteiger partial charge in [0.2, 0.25) is 11.9 Å². The number of likely N-dealkylation sites (N-methyl/N-ethyl adjacent to an activating group) is 1. The predicted molar refractivity (Wildman–Crippen MR) is 70.5 cm³/mol. The van der Waals surface area contributed by atoms with Gasteiger partial charge in [-0.05, 0) is 6.92 Å². The minimum absolute atomic E-state index is 0.0865. The highest BCUT2D eigenvalue weighted by atomic mass is 16.2. The van der Waals surface area contributed by atoms with Crippen LogP contribution in [-0.4, -0.2) is 54.0 Å². The van der Waals surface area contributed by atoms with Gasteiger partial charge in [0, 0.05) is 32.7 Å². The molecule has 3 N–H and O–H groups in total. The number of piperazine rings is 1. The van der Waals surface area contributed by atoms with Crippen LogP contribution in [0.25, 0.3) is 0 Å². The third-order valence-electron chi connectivity index (χ3n) is 2.87. The van der Waals surface area contributed by atoms with Gasteiger partial charge in [-0.3, -0.25) is 4.79 Å². The summed E-state index contributed by atoms with van der Waals surface area (Å²) < 4.78 is 0. The summed E-state index contributed by atoms with van der Waals surface area (Å²) in [5.74, 6) is 1.68. The number of hydrogen-bond acceptors (Lipinski definition) is 6. The quantitative estimate of drug-likeness (QED) is 0.770. The smallest absolute Gasteiger partial charge is 0.241 e. The fourth-order valence-corrected chi connectivity index (χ4v) is 1.84. The van der Waals surface area contributed by atoms with Gasteiger partial charge >= 0.3 is 0 Å². The number of anilines is 3. The Hall–Kier alpha value is -2.05. The van der Waals surface area contributed by atoms with Gasteiger partial charge in [-0.2, -0.15) is 9.97 Å². The fourth-order valence-electron chi connectivity index (χ4n) is 1.84. The maximum atomic E-state index is 11.7. The van der Waals surface area contributed by atoms with Gasteiger partial charge in [0.1, 0.15) is 11.6 Å². The third-order valence-corrected chi connectivity index (χ3v) is 2.87. The van der Waals surface area contributed by atoms with Crippen LogP contribution in [0.1, 0.15) is 6.92 Å². The lowest BCUT2D eigenvalue weighted by molar-refractivity contribution is -0.129. The van der Waals surface area contributed by atoms with Gasteiger partial charge in [-0.15, -0.1) is 0 Å². The van der Waals surface area contributed by atoms with Gasteiger partial charge < -0.3 is 20.9 Å². The molecule has 0 spiro atoms. The van der Waals surface area contributed by atoms with E-state index in [1.807, 2.05) is 17.9 Å². The summed E-state index contributed by atoms with van der Waals surface area (Å²) in [6, 6.07) is 1.82. The minimum atomic E-state index is 0.0865. The van der Waals surface area contributed by atoms with E-state index in [-0.39, 0.29) is 11.9 Å². The zero-order valence-corrected chi connectivity index (χ0v) is 10.7. The number of nitrogens with two attached hydrogens (primary N) is 1. The maximum absolute atomic E-state index is 11.7. The first-order chi connectivity index (χ1) is 8.60. The lowest BCUT2D eigenvalue weighted by Crippen LogP contribution is -2.48. The number of rotatable bonds is 3. The second-order valence-electron chi connectivity index (χ2n) is 4.24. The molecule has 1 aliphatic heterocycles. The van der Waals surface area contributed by atoms with Crippen LogP contribution in [0.4, 0.5) is 17.6 Å². The lowest BCUT2D eigenvalue weighted by Gasteiger charge is -2.32. The van der Waals surface area contributed by atoms with Crippen LogP contribution in [0.3, 0.4) is 0 Å². The summed E-state index contributed by atoms with van der Waals surface area (Å²) in [6.07, 6.45) is 0. The number of carbonyl (C=O) groups excluding carboxylic acids is 1. The van der Waals surface area contributed by atoms with Crippen molar-refractivity contribution in [2.45, 2.75) is 6.92 Å². The van der Waals surface area contributed by atoms with Crippen LogP contribution in [-0.2, 0) is 4.79 Å². The van der Waals surface area contributed by atoms with Gasteiger partial charge in [-0.1, -0.05) is 0 Å². The van der Waals surface area contributed by atoms with E-state index in [0.717, 1.165) is 13.1 Å². The highest BCUT2D eigenvalue weighted by molar-refractivity contribution is 5.82. The molecule has 0 atom stereocenters. The Labute approximate surface area is 106 Å². The molecule has 98 valence electrons. The molecular formula is C11H18N6O. The Morgan fingerprint density at radius 2 is 2.22 bits per heavy atom. The van der Waals surface area contributed by atoms with Gasteiger partial charge in [0.15, 0.2) is 0 Å². The van der Waals surface area contributed by atoms with E-state index in [9.17, 15) is 4.79 Å². The number of aromatic nitrogens is 2. The molecule has 1 aliphatic rings. The van der Waals surface area contributed by atoms with Crippen molar-refractivity contribution in [3.8, 4) is 0 Å². The van der Waals surface area contributed by atoms with Crippen molar-refractivity contribution in [3.63, 3.8) is 0 Å². The van der Waals surface area contributed by atoms with Crippen molar-refractivity contribution < 1.29 is 4.79 Å². The molecule has 7 heteroatoms. The molecule has 0 radical (unpaired) electrons. The molecule has 0 saturated carbocycles. The highest BCUT2D eigenvalue weighted by Crippen LogP contribution is 2.18. The zero-order chi connectivity index (χ0) is 13.1. The summed E-state index contributed by atoms with van der Waals surface area (Å²) in [7, 11) is 1.80. The summed E-state index contributed by atoms with van der Waals surface area (Å²) in [4.78, 5) is 23.6. The van der Waals surface area contributed by atoms with Crippen molar-refractivity contribution in [2.75, 3.05) is 49.2 Å². The molecule has 0 unspecified atom stereocenters. The largest absolute Gasteiger partial charge is 0.370 e. The molecule has 0 aliphatic carbocycles. The fraction of sp³-hybridized carbons (Fsp3) is 0.545. The normalized spacial score (nSPS) is 16.0.